The molecule has 1 aliphatic rings. The highest BCUT2D eigenvalue weighted by molar-refractivity contribution is 6.29. The first-order chi connectivity index (χ1) is 8.60. The van der Waals surface area contributed by atoms with E-state index in [0.717, 1.165) is 18.7 Å². The number of carbonyl (C=O) groups is 1. The Hall–Kier alpha value is -1.20. The van der Waals surface area contributed by atoms with Crippen molar-refractivity contribution in [2.45, 2.75) is 32.9 Å². The molecule has 1 saturated heterocycles. The number of carbonyl (C=O) groups excluding carboxylic acids is 1. The Labute approximate surface area is 112 Å². The lowest BCUT2D eigenvalue weighted by Crippen LogP contribution is -2.54. The molecule has 0 radical (unpaired) electrons. The van der Waals surface area contributed by atoms with Crippen LogP contribution in [-0.2, 0) is 11.3 Å². The van der Waals surface area contributed by atoms with Crippen molar-refractivity contribution in [3.63, 3.8) is 0 Å². The summed E-state index contributed by atoms with van der Waals surface area (Å²) in [5.41, 5.74) is 0.847. The largest absolute Gasteiger partial charge is 0.353 e. The number of nitrogens with one attached hydrogen (secondary N) is 1. The maximum Gasteiger partial charge on any atom is 0.237 e. The minimum Gasteiger partial charge on any atom is -0.353 e. The van der Waals surface area contributed by atoms with Gasteiger partial charge >= 0.3 is 0 Å². The number of nitrogens with zero attached hydrogens (tertiary/aromatic N) is 3. The molecular formula is C12H17ClN4O. The van der Waals surface area contributed by atoms with Gasteiger partial charge in [0.25, 0.3) is 0 Å². The zero-order valence-corrected chi connectivity index (χ0v) is 11.4. The lowest BCUT2D eigenvalue weighted by molar-refractivity contribution is -0.129. The molecule has 2 heterocycles. The van der Waals surface area contributed by atoms with Gasteiger partial charge in [-0.25, -0.2) is 9.97 Å². The highest BCUT2D eigenvalue weighted by Gasteiger charge is 2.28. The molecule has 6 heteroatoms. The Morgan fingerprint density at radius 2 is 2.33 bits per heavy atom. The highest BCUT2D eigenvalue weighted by atomic mass is 35.5. The van der Waals surface area contributed by atoms with Gasteiger partial charge < -0.3 is 5.32 Å². The minimum atomic E-state index is -0.0957. The number of hydrogen-bond donors (Lipinski definition) is 1. The lowest BCUT2D eigenvalue weighted by atomic mass is 10.1. The molecule has 18 heavy (non-hydrogen) atoms. The summed E-state index contributed by atoms with van der Waals surface area (Å²) in [6, 6.07) is 1.63. The second-order valence-corrected chi connectivity index (χ2v) is 4.82. The van der Waals surface area contributed by atoms with Crippen LogP contribution in [0.2, 0.25) is 5.15 Å². The Morgan fingerprint density at radius 1 is 1.56 bits per heavy atom. The maximum absolute atomic E-state index is 11.7. The van der Waals surface area contributed by atoms with Crippen LogP contribution in [0.25, 0.3) is 0 Å². The Bertz CT molecular complexity index is 431. The summed E-state index contributed by atoms with van der Waals surface area (Å²) < 4.78 is 0. The van der Waals surface area contributed by atoms with E-state index < -0.39 is 0 Å². The predicted molar refractivity (Wildman–Crippen MR) is 69.3 cm³/mol. The van der Waals surface area contributed by atoms with Gasteiger partial charge in [-0.05, 0) is 19.4 Å². The molecule has 0 aliphatic carbocycles. The maximum atomic E-state index is 11.7. The van der Waals surface area contributed by atoms with E-state index in [4.69, 9.17) is 11.6 Å². The molecular weight excluding hydrogens is 252 g/mol. The molecule has 1 amide bonds. The number of hydrogen-bond acceptors (Lipinski definition) is 4. The smallest absolute Gasteiger partial charge is 0.237 e. The number of aryl methyl sites for hydroxylation is 1. The van der Waals surface area contributed by atoms with Gasteiger partial charge in [-0.2, -0.15) is 0 Å². The Kier molecular flexibility index (Phi) is 4.14. The molecule has 1 atom stereocenters. The molecule has 0 saturated carbocycles. The highest BCUT2D eigenvalue weighted by Crippen LogP contribution is 2.13. The third-order valence-electron chi connectivity index (χ3n) is 3.04. The molecule has 0 bridgehead atoms. The van der Waals surface area contributed by atoms with Crippen molar-refractivity contribution in [1.29, 1.82) is 0 Å². The molecule has 1 N–H and O–H groups in total. The third kappa shape index (κ3) is 2.97. The SMILES string of the molecule is CCC1C(=O)NCCN1Cc1nc(C)cc(Cl)n1. The summed E-state index contributed by atoms with van der Waals surface area (Å²) >= 11 is 5.92. The van der Waals surface area contributed by atoms with Gasteiger partial charge in [0, 0.05) is 18.8 Å². The average Bonchev–Trinajstić information content (AvgIpc) is 2.27. The second kappa shape index (κ2) is 5.63. The van der Waals surface area contributed by atoms with Crippen LogP contribution in [-0.4, -0.2) is 39.9 Å². The van der Waals surface area contributed by atoms with Gasteiger partial charge in [0.2, 0.25) is 5.91 Å². The van der Waals surface area contributed by atoms with Crippen molar-refractivity contribution >= 4 is 17.5 Å². The first-order valence-corrected chi connectivity index (χ1v) is 6.49. The molecule has 2 rings (SSSR count). The summed E-state index contributed by atoms with van der Waals surface area (Å²) in [5, 5.41) is 3.32. The fraction of sp³-hybridized carbons (Fsp3) is 0.583. The van der Waals surface area contributed by atoms with Crippen molar-refractivity contribution < 1.29 is 4.79 Å². The van der Waals surface area contributed by atoms with Gasteiger partial charge in [0.15, 0.2) is 0 Å². The van der Waals surface area contributed by atoms with Crippen molar-refractivity contribution in [2.75, 3.05) is 13.1 Å². The zero-order chi connectivity index (χ0) is 13.1. The van der Waals surface area contributed by atoms with Crippen LogP contribution in [0, 0.1) is 6.92 Å². The van der Waals surface area contributed by atoms with Crippen LogP contribution in [0.5, 0.6) is 0 Å². The van der Waals surface area contributed by atoms with E-state index in [2.05, 4.69) is 20.2 Å². The van der Waals surface area contributed by atoms with Crippen LogP contribution in [0.1, 0.15) is 24.9 Å². The van der Waals surface area contributed by atoms with Gasteiger partial charge in [-0.15, -0.1) is 0 Å². The normalized spacial score (nSPS) is 20.8. The summed E-state index contributed by atoms with van der Waals surface area (Å²) in [6.45, 7) is 5.95. The Balaban J connectivity index is 2.14. The lowest BCUT2D eigenvalue weighted by Gasteiger charge is -2.33. The number of rotatable bonds is 3. The van der Waals surface area contributed by atoms with E-state index in [1.165, 1.54) is 0 Å². The molecule has 1 fully saturated rings. The Morgan fingerprint density at radius 3 is 3.00 bits per heavy atom. The van der Waals surface area contributed by atoms with E-state index >= 15 is 0 Å². The van der Waals surface area contributed by atoms with E-state index in [-0.39, 0.29) is 11.9 Å². The monoisotopic (exact) mass is 268 g/mol. The molecule has 98 valence electrons. The number of piperazine rings is 1. The van der Waals surface area contributed by atoms with Gasteiger partial charge in [0.1, 0.15) is 11.0 Å². The summed E-state index contributed by atoms with van der Waals surface area (Å²) in [4.78, 5) is 22.4. The summed E-state index contributed by atoms with van der Waals surface area (Å²) in [6.07, 6.45) is 0.783. The van der Waals surface area contributed by atoms with Crippen LogP contribution in [0.3, 0.4) is 0 Å². The van der Waals surface area contributed by atoms with E-state index in [9.17, 15) is 4.79 Å². The minimum absolute atomic E-state index is 0.0856. The fourth-order valence-electron chi connectivity index (χ4n) is 2.24. The zero-order valence-electron chi connectivity index (χ0n) is 10.6. The topological polar surface area (TPSA) is 58.1 Å². The van der Waals surface area contributed by atoms with Crippen LogP contribution < -0.4 is 5.32 Å². The van der Waals surface area contributed by atoms with Crippen LogP contribution >= 0.6 is 11.6 Å². The van der Waals surface area contributed by atoms with Crippen LogP contribution in [0.15, 0.2) is 6.07 Å². The van der Waals surface area contributed by atoms with Gasteiger partial charge in [0.05, 0.1) is 12.6 Å². The number of halogens is 1. The standard InChI is InChI=1S/C12H17ClN4O/c1-3-9-12(18)14-4-5-17(9)7-11-15-8(2)6-10(13)16-11/h6,9H,3-5,7H2,1-2H3,(H,14,18). The fourth-order valence-corrected chi connectivity index (χ4v) is 2.49. The van der Waals surface area contributed by atoms with E-state index in [0.29, 0.717) is 24.1 Å². The molecule has 0 spiro atoms. The molecule has 1 aromatic heterocycles. The summed E-state index contributed by atoms with van der Waals surface area (Å²) in [7, 11) is 0. The molecule has 5 nitrogen and oxygen atoms in total. The quantitative estimate of drug-likeness (QED) is 0.836. The van der Waals surface area contributed by atoms with Gasteiger partial charge in [-0.3, -0.25) is 9.69 Å². The molecule has 1 unspecified atom stereocenters. The summed E-state index contributed by atoms with van der Waals surface area (Å²) in [5.74, 6) is 0.760. The molecule has 1 aromatic rings. The average molecular weight is 269 g/mol. The van der Waals surface area contributed by atoms with Gasteiger partial charge in [-0.1, -0.05) is 18.5 Å². The van der Waals surface area contributed by atoms with Crippen molar-refractivity contribution in [1.82, 2.24) is 20.2 Å². The van der Waals surface area contributed by atoms with E-state index in [1.807, 2.05) is 13.8 Å². The number of aromatic nitrogens is 2. The first-order valence-electron chi connectivity index (χ1n) is 6.12. The van der Waals surface area contributed by atoms with E-state index in [1.54, 1.807) is 6.07 Å². The third-order valence-corrected chi connectivity index (χ3v) is 3.24. The molecule has 0 aromatic carbocycles. The van der Waals surface area contributed by atoms with Crippen LogP contribution in [0.4, 0.5) is 0 Å². The number of amides is 1. The first kappa shape index (κ1) is 13.2. The van der Waals surface area contributed by atoms with Crippen molar-refractivity contribution in [2.24, 2.45) is 0 Å². The van der Waals surface area contributed by atoms with Crippen molar-refractivity contribution in [3.05, 3.63) is 22.7 Å². The molecule has 1 aliphatic heterocycles. The predicted octanol–water partition coefficient (Wildman–Crippen LogP) is 1.15. The van der Waals surface area contributed by atoms with Crippen molar-refractivity contribution in [3.8, 4) is 0 Å². The second-order valence-electron chi connectivity index (χ2n) is 4.43.